The Bertz CT molecular complexity index is 1200. The maximum atomic E-state index is 15.0. The van der Waals surface area contributed by atoms with Crippen LogP contribution < -0.4 is 10.2 Å². The van der Waals surface area contributed by atoms with Crippen LogP contribution in [-0.2, 0) is 18.9 Å². The summed E-state index contributed by atoms with van der Waals surface area (Å²) in [7, 11) is 2.09. The lowest BCUT2D eigenvalue weighted by atomic mass is 9.87. The smallest absolute Gasteiger partial charge is 0.278 e. The van der Waals surface area contributed by atoms with E-state index in [4.69, 9.17) is 0 Å². The summed E-state index contributed by atoms with van der Waals surface area (Å²) >= 11 is 0. The van der Waals surface area contributed by atoms with Crippen molar-refractivity contribution in [3.05, 3.63) is 58.7 Å². The molecule has 176 valence electrons. The van der Waals surface area contributed by atoms with Crippen molar-refractivity contribution in [1.29, 1.82) is 0 Å². The van der Waals surface area contributed by atoms with Crippen LogP contribution in [0.4, 0.5) is 24.7 Å². The van der Waals surface area contributed by atoms with Crippen LogP contribution in [0.15, 0.2) is 30.3 Å². The van der Waals surface area contributed by atoms with Gasteiger partial charge in [0, 0.05) is 41.7 Å². The molecule has 4 nitrogen and oxygen atoms in total. The fourth-order valence-electron chi connectivity index (χ4n) is 4.37. The minimum Gasteiger partial charge on any atom is -0.369 e. The van der Waals surface area contributed by atoms with Crippen LogP contribution in [0.2, 0.25) is 0 Å². The highest BCUT2D eigenvalue weighted by atomic mass is 19.3. The van der Waals surface area contributed by atoms with Crippen molar-refractivity contribution in [2.24, 2.45) is 5.92 Å². The molecule has 0 atom stereocenters. The van der Waals surface area contributed by atoms with E-state index in [1.807, 2.05) is 6.92 Å². The van der Waals surface area contributed by atoms with E-state index in [-0.39, 0.29) is 17.6 Å². The van der Waals surface area contributed by atoms with Gasteiger partial charge in [-0.2, -0.15) is 0 Å². The summed E-state index contributed by atoms with van der Waals surface area (Å²) in [6, 6.07) is 8.33. The van der Waals surface area contributed by atoms with Crippen LogP contribution in [0.3, 0.4) is 0 Å². The lowest BCUT2D eigenvalue weighted by Crippen LogP contribution is -2.44. The highest BCUT2D eigenvalue weighted by Gasteiger charge is 2.38. The predicted octanol–water partition coefficient (Wildman–Crippen LogP) is 6.60. The average Bonchev–Trinajstić information content (AvgIpc) is 2.74. The van der Waals surface area contributed by atoms with Crippen molar-refractivity contribution < 1.29 is 13.2 Å². The Balaban J connectivity index is 1.71. The van der Waals surface area contributed by atoms with E-state index < -0.39 is 23.2 Å². The molecule has 0 saturated heterocycles. The van der Waals surface area contributed by atoms with Gasteiger partial charge in [0.15, 0.2) is 0 Å². The van der Waals surface area contributed by atoms with Gasteiger partial charge in [-0.15, -0.1) is 0 Å². The minimum absolute atomic E-state index is 0.0328. The van der Waals surface area contributed by atoms with Crippen molar-refractivity contribution in [2.75, 3.05) is 17.3 Å². The molecule has 2 aromatic carbocycles. The Morgan fingerprint density at radius 1 is 1.18 bits per heavy atom. The first-order valence-corrected chi connectivity index (χ1v) is 11.4. The van der Waals surface area contributed by atoms with E-state index in [9.17, 15) is 8.78 Å². The van der Waals surface area contributed by atoms with E-state index in [0.717, 1.165) is 35.5 Å². The Hall–Kier alpha value is -2.83. The van der Waals surface area contributed by atoms with Gasteiger partial charge in [-0.3, -0.25) is 0 Å². The molecule has 0 amide bonds. The molecular weight excluding hydrogens is 425 g/mol. The van der Waals surface area contributed by atoms with Crippen LogP contribution in [-0.4, -0.2) is 22.6 Å². The molecule has 1 aliphatic heterocycles. The average molecular weight is 457 g/mol. The summed E-state index contributed by atoms with van der Waals surface area (Å²) in [4.78, 5) is 11.4. The van der Waals surface area contributed by atoms with Crippen LogP contribution in [0, 0.1) is 18.7 Å². The normalized spacial score (nSPS) is 15.8. The monoisotopic (exact) mass is 456 g/mol. The van der Waals surface area contributed by atoms with Crippen molar-refractivity contribution >= 4 is 22.4 Å². The molecule has 0 bridgehead atoms. The van der Waals surface area contributed by atoms with E-state index in [1.54, 1.807) is 0 Å². The Labute approximate surface area is 193 Å². The first-order chi connectivity index (χ1) is 15.4. The maximum Gasteiger partial charge on any atom is 0.278 e. The second-order valence-corrected chi connectivity index (χ2v) is 9.90. The van der Waals surface area contributed by atoms with Gasteiger partial charge in [0.2, 0.25) is 0 Å². The molecule has 0 radical (unpaired) electrons. The van der Waals surface area contributed by atoms with Crippen LogP contribution in [0.5, 0.6) is 0 Å². The Morgan fingerprint density at radius 3 is 2.61 bits per heavy atom. The maximum absolute atomic E-state index is 15.0. The van der Waals surface area contributed by atoms with E-state index >= 15 is 4.39 Å². The third-order valence-electron chi connectivity index (χ3n) is 6.89. The molecule has 7 heteroatoms. The molecule has 0 saturated carbocycles. The highest BCUT2D eigenvalue weighted by Crippen LogP contribution is 2.40. The quantitative estimate of drug-likeness (QED) is 0.470. The number of benzene rings is 2. The van der Waals surface area contributed by atoms with Crippen molar-refractivity contribution in [3.8, 4) is 0 Å². The molecule has 1 aromatic heterocycles. The summed E-state index contributed by atoms with van der Waals surface area (Å²) < 4.78 is 44.1. The number of halogens is 3. The summed E-state index contributed by atoms with van der Waals surface area (Å²) in [6.07, 6.45) is 2.02. The number of aryl methyl sites for hydroxylation is 2. The summed E-state index contributed by atoms with van der Waals surface area (Å²) in [6.45, 7) is 9.06. The number of hydrogen-bond donors (Lipinski definition) is 1. The molecule has 1 aliphatic rings. The molecule has 0 unspecified atom stereocenters. The van der Waals surface area contributed by atoms with Gasteiger partial charge in [-0.05, 0) is 51.3 Å². The summed E-state index contributed by atoms with van der Waals surface area (Å²) in [5.74, 6) is -3.96. The predicted molar refractivity (Wildman–Crippen MR) is 128 cm³/mol. The van der Waals surface area contributed by atoms with Gasteiger partial charge in [0.05, 0.1) is 11.1 Å². The molecular formula is C26H31F3N4. The first-order valence-electron chi connectivity index (χ1n) is 11.4. The highest BCUT2D eigenvalue weighted by molar-refractivity contribution is 5.93. The van der Waals surface area contributed by atoms with Crippen LogP contribution in [0.25, 0.3) is 10.9 Å². The fourth-order valence-corrected chi connectivity index (χ4v) is 4.37. The lowest BCUT2D eigenvalue weighted by molar-refractivity contribution is -0.0544. The number of anilines is 2. The van der Waals surface area contributed by atoms with Gasteiger partial charge >= 0.3 is 0 Å². The third kappa shape index (κ3) is 4.13. The molecule has 1 N–H and O–H groups in total. The van der Waals surface area contributed by atoms with Gasteiger partial charge in [0.25, 0.3) is 5.92 Å². The van der Waals surface area contributed by atoms with Gasteiger partial charge in [-0.1, -0.05) is 32.0 Å². The Kier molecular flexibility index (Phi) is 5.79. The molecule has 0 fully saturated rings. The zero-order valence-corrected chi connectivity index (χ0v) is 20.1. The molecule has 3 aromatic rings. The first kappa shape index (κ1) is 23.3. The van der Waals surface area contributed by atoms with E-state index in [1.165, 1.54) is 31.5 Å². The number of nitrogens with zero attached hydrogens (tertiary/aromatic N) is 3. The van der Waals surface area contributed by atoms with Crippen molar-refractivity contribution in [3.63, 3.8) is 0 Å². The topological polar surface area (TPSA) is 41.1 Å². The number of hydrogen-bond acceptors (Lipinski definition) is 4. The SMILES string of the molecule is Cc1nc(NCc2cccc(C(F)(F)C(C)C)c2F)c2cc3c(cc2n1)CCC(C)(C)N3C. The number of nitrogens with one attached hydrogen (secondary N) is 1. The molecule has 33 heavy (non-hydrogen) atoms. The van der Waals surface area contributed by atoms with Crippen LogP contribution in [0.1, 0.15) is 56.6 Å². The van der Waals surface area contributed by atoms with E-state index in [2.05, 4.69) is 53.2 Å². The zero-order chi connectivity index (χ0) is 24.1. The number of rotatable bonds is 5. The van der Waals surface area contributed by atoms with E-state index in [0.29, 0.717) is 11.6 Å². The number of aromatic nitrogens is 2. The Morgan fingerprint density at radius 2 is 1.91 bits per heavy atom. The largest absolute Gasteiger partial charge is 0.369 e. The number of fused-ring (bicyclic) bond motifs is 2. The summed E-state index contributed by atoms with van der Waals surface area (Å²) in [5, 5.41) is 4.01. The minimum atomic E-state index is -3.24. The summed E-state index contributed by atoms with van der Waals surface area (Å²) in [5.41, 5.74) is 2.82. The molecule has 0 aliphatic carbocycles. The zero-order valence-electron chi connectivity index (χ0n) is 20.1. The van der Waals surface area contributed by atoms with Crippen LogP contribution >= 0.6 is 0 Å². The van der Waals surface area contributed by atoms with Crippen molar-refractivity contribution in [2.45, 2.75) is 65.5 Å². The second-order valence-electron chi connectivity index (χ2n) is 9.90. The van der Waals surface area contributed by atoms with Crippen molar-refractivity contribution in [1.82, 2.24) is 9.97 Å². The van der Waals surface area contributed by atoms with Gasteiger partial charge in [0.1, 0.15) is 17.5 Å². The second kappa shape index (κ2) is 8.19. The standard InChI is InChI=1S/C26H31F3N4/c1-15(2)26(28,29)20-9-7-8-18(23(20)27)14-30-24-19-13-22-17(10-11-25(4,5)33(22)6)12-21(19)31-16(3)32-24/h7-9,12-13,15H,10-11,14H2,1-6H3,(H,30,31,32). The lowest BCUT2D eigenvalue weighted by Gasteiger charge is -2.42. The third-order valence-corrected chi connectivity index (χ3v) is 6.89. The number of alkyl halides is 2. The molecule has 4 rings (SSSR count). The fraction of sp³-hybridized carbons (Fsp3) is 0.462. The van der Waals surface area contributed by atoms with Gasteiger partial charge in [-0.25, -0.2) is 23.1 Å². The molecule has 2 heterocycles. The van der Waals surface area contributed by atoms with Gasteiger partial charge < -0.3 is 10.2 Å². The molecule has 0 spiro atoms.